The molecule has 0 fully saturated rings. The number of hydrogen-bond acceptors (Lipinski definition) is 4. The van der Waals surface area contributed by atoms with Crippen molar-refractivity contribution in [2.24, 2.45) is 0 Å². The van der Waals surface area contributed by atoms with Gasteiger partial charge in [0.2, 0.25) is 0 Å². The topological polar surface area (TPSA) is 65.4 Å². The van der Waals surface area contributed by atoms with Crippen molar-refractivity contribution in [2.45, 2.75) is 0 Å². The van der Waals surface area contributed by atoms with Gasteiger partial charge in [-0.1, -0.05) is 17.7 Å². The molecule has 1 N–H and O–H groups in total. The zero-order valence-corrected chi connectivity index (χ0v) is 14.4. The van der Waals surface area contributed by atoms with E-state index in [9.17, 15) is 4.79 Å². The number of nitrogens with one attached hydrogen (secondary N) is 1. The highest BCUT2D eigenvalue weighted by molar-refractivity contribution is 6.30. The number of carbonyl (C=O) groups is 1. The van der Waals surface area contributed by atoms with E-state index in [4.69, 9.17) is 21.1 Å². The number of methoxy groups -OCH3 is 2. The fourth-order valence-corrected chi connectivity index (χ4v) is 2.57. The Labute approximate surface area is 149 Å². The number of carbonyl (C=O) groups excluding carboxylic acids is 1. The van der Waals surface area contributed by atoms with Crippen LogP contribution < -0.4 is 14.8 Å². The molecule has 1 aromatic heterocycles. The molecule has 1 amide bonds. The van der Waals surface area contributed by atoms with Crippen LogP contribution in [-0.2, 0) is 0 Å². The second-order valence-corrected chi connectivity index (χ2v) is 5.56. The second-order valence-electron chi connectivity index (χ2n) is 5.13. The lowest BCUT2D eigenvalue weighted by molar-refractivity contribution is 0.102. The fraction of sp³-hybridized carbons (Fsp3) is 0.111. The van der Waals surface area contributed by atoms with Gasteiger partial charge >= 0.3 is 0 Å². The standard InChI is InChI=1S/C18H16ClN3O3/c1-24-14-6-7-15(16(11-14)25-2)18(23)21-17-8-9-20-22(17)13-5-3-4-12(19)10-13/h3-11H,1-2H3,(H,21,23). The van der Waals surface area contributed by atoms with Crippen LogP contribution in [0.15, 0.2) is 54.7 Å². The molecule has 0 aliphatic rings. The third-order valence-corrected chi connectivity index (χ3v) is 3.83. The molecule has 0 aliphatic heterocycles. The van der Waals surface area contributed by atoms with Gasteiger partial charge in [0.15, 0.2) is 0 Å². The molecule has 0 spiro atoms. The Kier molecular flexibility index (Phi) is 4.90. The predicted molar refractivity (Wildman–Crippen MR) is 96.1 cm³/mol. The van der Waals surface area contributed by atoms with Crippen molar-refractivity contribution in [3.63, 3.8) is 0 Å². The van der Waals surface area contributed by atoms with E-state index in [1.54, 1.807) is 54.4 Å². The maximum absolute atomic E-state index is 12.6. The van der Waals surface area contributed by atoms with Crippen LogP contribution in [0.3, 0.4) is 0 Å². The summed E-state index contributed by atoms with van der Waals surface area (Å²) in [4.78, 5) is 12.6. The lowest BCUT2D eigenvalue weighted by atomic mass is 10.1. The van der Waals surface area contributed by atoms with Crippen LogP contribution in [0.25, 0.3) is 5.69 Å². The number of nitrogens with zero attached hydrogens (tertiary/aromatic N) is 2. The van der Waals surface area contributed by atoms with Gasteiger partial charge in [-0.25, -0.2) is 4.68 Å². The average Bonchev–Trinajstić information content (AvgIpc) is 3.09. The van der Waals surface area contributed by atoms with Crippen molar-refractivity contribution in [1.82, 2.24) is 9.78 Å². The quantitative estimate of drug-likeness (QED) is 0.754. The van der Waals surface area contributed by atoms with Gasteiger partial charge in [0.05, 0.1) is 31.7 Å². The maximum atomic E-state index is 12.6. The average molecular weight is 358 g/mol. The van der Waals surface area contributed by atoms with Gasteiger partial charge in [-0.3, -0.25) is 4.79 Å². The zero-order chi connectivity index (χ0) is 17.8. The SMILES string of the molecule is COc1ccc(C(=O)Nc2ccnn2-c2cccc(Cl)c2)c(OC)c1. The zero-order valence-electron chi connectivity index (χ0n) is 13.7. The molecule has 1 heterocycles. The van der Waals surface area contributed by atoms with E-state index in [-0.39, 0.29) is 5.91 Å². The van der Waals surface area contributed by atoms with Crippen LogP contribution in [0.1, 0.15) is 10.4 Å². The molecule has 128 valence electrons. The molecule has 0 unspecified atom stereocenters. The number of ether oxygens (including phenoxy) is 2. The van der Waals surface area contributed by atoms with Crippen LogP contribution >= 0.6 is 11.6 Å². The Morgan fingerprint density at radius 1 is 1.12 bits per heavy atom. The number of amides is 1. The molecule has 3 aromatic rings. The highest BCUT2D eigenvalue weighted by atomic mass is 35.5. The summed E-state index contributed by atoms with van der Waals surface area (Å²) in [5.74, 6) is 1.23. The summed E-state index contributed by atoms with van der Waals surface area (Å²) in [5.41, 5.74) is 1.14. The largest absolute Gasteiger partial charge is 0.497 e. The summed E-state index contributed by atoms with van der Waals surface area (Å²) >= 11 is 6.03. The number of aromatic nitrogens is 2. The highest BCUT2D eigenvalue weighted by Gasteiger charge is 2.16. The van der Waals surface area contributed by atoms with Crippen LogP contribution in [0, 0.1) is 0 Å². The number of hydrogen-bond donors (Lipinski definition) is 1. The summed E-state index contributed by atoms with van der Waals surface area (Å²) in [5, 5.41) is 7.66. The molecule has 2 aromatic carbocycles. The monoisotopic (exact) mass is 357 g/mol. The predicted octanol–water partition coefficient (Wildman–Crippen LogP) is 3.80. The minimum atomic E-state index is -0.316. The molecule has 0 bridgehead atoms. The third-order valence-electron chi connectivity index (χ3n) is 3.59. The van der Waals surface area contributed by atoms with Gasteiger partial charge in [0.1, 0.15) is 17.3 Å². The van der Waals surface area contributed by atoms with Crippen molar-refractivity contribution >= 4 is 23.3 Å². The van der Waals surface area contributed by atoms with Crippen molar-refractivity contribution < 1.29 is 14.3 Å². The van der Waals surface area contributed by atoms with Crippen molar-refractivity contribution in [1.29, 1.82) is 0 Å². The molecule has 0 aliphatic carbocycles. The van der Waals surface area contributed by atoms with Crippen LogP contribution in [0.2, 0.25) is 5.02 Å². The smallest absolute Gasteiger partial charge is 0.260 e. The van der Waals surface area contributed by atoms with E-state index >= 15 is 0 Å². The van der Waals surface area contributed by atoms with Crippen LogP contribution in [-0.4, -0.2) is 29.9 Å². The molecule has 0 atom stereocenters. The van der Waals surface area contributed by atoms with Crippen molar-refractivity contribution in [3.05, 3.63) is 65.3 Å². The van der Waals surface area contributed by atoms with Gasteiger partial charge in [-0.15, -0.1) is 0 Å². The summed E-state index contributed by atoms with van der Waals surface area (Å²) < 4.78 is 12.0. The van der Waals surface area contributed by atoms with Crippen molar-refractivity contribution in [3.8, 4) is 17.2 Å². The first-order valence-electron chi connectivity index (χ1n) is 7.45. The molecule has 0 radical (unpaired) electrons. The van der Waals surface area contributed by atoms with Gasteiger partial charge in [-0.05, 0) is 30.3 Å². The normalized spacial score (nSPS) is 10.4. The Morgan fingerprint density at radius 2 is 1.96 bits per heavy atom. The van der Waals surface area contributed by atoms with E-state index in [1.807, 2.05) is 12.1 Å². The Hall–Kier alpha value is -2.99. The summed E-state index contributed by atoms with van der Waals surface area (Å²) in [6.45, 7) is 0. The minimum Gasteiger partial charge on any atom is -0.497 e. The molecular formula is C18H16ClN3O3. The first-order chi connectivity index (χ1) is 12.1. The highest BCUT2D eigenvalue weighted by Crippen LogP contribution is 2.26. The van der Waals surface area contributed by atoms with E-state index in [2.05, 4.69) is 10.4 Å². The molecule has 0 saturated carbocycles. The maximum Gasteiger partial charge on any atom is 0.260 e. The summed E-state index contributed by atoms with van der Waals surface area (Å²) in [6.07, 6.45) is 1.60. The Morgan fingerprint density at radius 3 is 2.68 bits per heavy atom. The number of anilines is 1. The summed E-state index contributed by atoms with van der Waals surface area (Å²) in [6, 6.07) is 13.9. The molecule has 25 heavy (non-hydrogen) atoms. The van der Waals surface area contributed by atoms with Crippen LogP contribution in [0.4, 0.5) is 5.82 Å². The van der Waals surface area contributed by atoms with Gasteiger partial charge < -0.3 is 14.8 Å². The first kappa shape index (κ1) is 16.9. The van der Waals surface area contributed by atoms with Gasteiger partial charge in [0, 0.05) is 17.2 Å². The minimum absolute atomic E-state index is 0.316. The third kappa shape index (κ3) is 3.59. The van der Waals surface area contributed by atoms with E-state index in [1.165, 1.54) is 7.11 Å². The van der Waals surface area contributed by atoms with E-state index < -0.39 is 0 Å². The lowest BCUT2D eigenvalue weighted by Crippen LogP contribution is -2.16. The molecule has 0 saturated heterocycles. The van der Waals surface area contributed by atoms with Gasteiger partial charge in [-0.2, -0.15) is 5.10 Å². The number of rotatable bonds is 5. The summed E-state index contributed by atoms with van der Waals surface area (Å²) in [7, 11) is 3.06. The Balaban J connectivity index is 1.89. The van der Waals surface area contributed by atoms with E-state index in [0.717, 1.165) is 5.69 Å². The fourth-order valence-electron chi connectivity index (χ4n) is 2.38. The molecule has 6 nitrogen and oxygen atoms in total. The first-order valence-corrected chi connectivity index (χ1v) is 7.83. The van der Waals surface area contributed by atoms with E-state index in [0.29, 0.717) is 27.9 Å². The Bertz CT molecular complexity index is 908. The van der Waals surface area contributed by atoms with Crippen LogP contribution in [0.5, 0.6) is 11.5 Å². The molecule has 3 rings (SSSR count). The molecular weight excluding hydrogens is 342 g/mol. The molecule has 7 heteroatoms. The van der Waals surface area contributed by atoms with Crippen molar-refractivity contribution in [2.75, 3.05) is 19.5 Å². The second kappa shape index (κ2) is 7.27. The lowest BCUT2D eigenvalue weighted by Gasteiger charge is -2.12. The number of benzene rings is 2. The number of halogens is 1. The van der Waals surface area contributed by atoms with Gasteiger partial charge in [0.25, 0.3) is 5.91 Å².